The molecule has 0 aromatic heterocycles. The van der Waals surface area contributed by atoms with Gasteiger partial charge in [-0.05, 0) is 0 Å². The Morgan fingerprint density at radius 3 is 1.18 bits per heavy atom. The van der Waals surface area contributed by atoms with E-state index in [0.29, 0.717) is 13.2 Å². The third kappa shape index (κ3) is 38.1. The van der Waals surface area contributed by atoms with E-state index in [1.54, 1.807) is 14.2 Å². The van der Waals surface area contributed by atoms with Gasteiger partial charge >= 0.3 is 0 Å². The second kappa shape index (κ2) is 22.4. The monoisotopic (exact) mass is 208 g/mol. The van der Waals surface area contributed by atoms with Gasteiger partial charge in [-0.1, -0.05) is 0 Å². The summed E-state index contributed by atoms with van der Waals surface area (Å²) in [5.41, 5.74) is 0. The molecule has 0 aromatic carbocycles. The second-order valence-electron chi connectivity index (χ2n) is 1.43. The standard InChI is InChI=1S/2C3H8O2.Fe/c2*1-5-3-2-4;/h2*4H,2-3H2,1H3;. The molecule has 0 spiro atoms. The number of ether oxygens (including phenoxy) is 2. The van der Waals surface area contributed by atoms with E-state index >= 15 is 0 Å². The minimum Gasteiger partial charge on any atom is -0.394 e. The van der Waals surface area contributed by atoms with Crippen molar-refractivity contribution in [1.82, 2.24) is 0 Å². The van der Waals surface area contributed by atoms with Gasteiger partial charge in [-0.2, -0.15) is 0 Å². The molecule has 0 rings (SSSR count). The van der Waals surface area contributed by atoms with Gasteiger partial charge in [-0.3, -0.25) is 0 Å². The zero-order valence-electron chi connectivity index (χ0n) is 6.89. The van der Waals surface area contributed by atoms with Crippen LogP contribution in [0.1, 0.15) is 0 Å². The summed E-state index contributed by atoms with van der Waals surface area (Å²) in [5.74, 6) is 0. The molecule has 0 atom stereocenters. The Bertz CT molecular complexity index is 35.6. The Morgan fingerprint density at radius 2 is 1.18 bits per heavy atom. The van der Waals surface area contributed by atoms with E-state index in [-0.39, 0.29) is 30.3 Å². The SMILES string of the molecule is COCCO.COCCO.[Fe]. The van der Waals surface area contributed by atoms with Crippen molar-refractivity contribution in [2.24, 2.45) is 0 Å². The smallest absolute Gasteiger partial charge is 0.0693 e. The van der Waals surface area contributed by atoms with Gasteiger partial charge in [0.2, 0.25) is 0 Å². The Morgan fingerprint density at radius 1 is 0.909 bits per heavy atom. The first kappa shape index (κ1) is 17.4. The normalized spacial score (nSPS) is 7.64. The predicted molar refractivity (Wildman–Crippen MR) is 37.9 cm³/mol. The van der Waals surface area contributed by atoms with Crippen LogP contribution in [0.4, 0.5) is 0 Å². The van der Waals surface area contributed by atoms with Gasteiger partial charge in [0.1, 0.15) is 0 Å². The molecule has 0 bridgehead atoms. The molecular formula is C6H16FeO4. The molecule has 0 heterocycles. The van der Waals surface area contributed by atoms with Crippen LogP contribution in [-0.2, 0) is 26.5 Å². The van der Waals surface area contributed by atoms with Crippen LogP contribution in [0.25, 0.3) is 0 Å². The fraction of sp³-hybridized carbons (Fsp3) is 1.00. The predicted octanol–water partition coefficient (Wildman–Crippen LogP) is -0.752. The fourth-order valence-electron chi connectivity index (χ4n) is 0.183. The van der Waals surface area contributed by atoms with Gasteiger partial charge in [-0.15, -0.1) is 0 Å². The number of rotatable bonds is 4. The van der Waals surface area contributed by atoms with Gasteiger partial charge in [0.05, 0.1) is 26.4 Å². The molecule has 0 amide bonds. The first-order valence-electron chi connectivity index (χ1n) is 3.03. The third-order valence-corrected chi connectivity index (χ3v) is 0.591. The second-order valence-corrected chi connectivity index (χ2v) is 1.43. The van der Waals surface area contributed by atoms with Crippen molar-refractivity contribution in [1.29, 1.82) is 0 Å². The Kier molecular flexibility index (Phi) is 35.6. The molecule has 0 saturated heterocycles. The van der Waals surface area contributed by atoms with Crippen LogP contribution in [0.2, 0.25) is 0 Å². The molecule has 0 aliphatic heterocycles. The molecule has 11 heavy (non-hydrogen) atoms. The molecular weight excluding hydrogens is 192 g/mol. The van der Waals surface area contributed by atoms with Gasteiger partial charge in [0.15, 0.2) is 0 Å². The maximum atomic E-state index is 7.94. The molecule has 0 aliphatic rings. The van der Waals surface area contributed by atoms with E-state index in [2.05, 4.69) is 9.47 Å². The molecule has 2 N–H and O–H groups in total. The van der Waals surface area contributed by atoms with E-state index in [0.717, 1.165) is 0 Å². The number of aliphatic hydroxyl groups is 2. The molecule has 0 aliphatic carbocycles. The summed E-state index contributed by atoms with van der Waals surface area (Å²) in [5, 5.41) is 15.9. The van der Waals surface area contributed by atoms with Gasteiger partial charge in [-0.25, -0.2) is 0 Å². The largest absolute Gasteiger partial charge is 0.394 e. The van der Waals surface area contributed by atoms with Gasteiger partial charge in [0.25, 0.3) is 0 Å². The number of hydrogen-bond acceptors (Lipinski definition) is 4. The van der Waals surface area contributed by atoms with Crippen molar-refractivity contribution in [2.75, 3.05) is 40.6 Å². The van der Waals surface area contributed by atoms with E-state index in [9.17, 15) is 0 Å². The van der Waals surface area contributed by atoms with Crippen molar-refractivity contribution in [3.63, 3.8) is 0 Å². The summed E-state index contributed by atoms with van der Waals surface area (Å²) in [7, 11) is 3.10. The van der Waals surface area contributed by atoms with Gasteiger partial charge < -0.3 is 19.7 Å². The zero-order chi connectivity index (χ0) is 8.24. The topological polar surface area (TPSA) is 58.9 Å². The molecule has 5 heteroatoms. The van der Waals surface area contributed by atoms with Crippen LogP contribution in [0, 0.1) is 0 Å². The van der Waals surface area contributed by atoms with Crippen LogP contribution in [0.3, 0.4) is 0 Å². The number of hydrogen-bond donors (Lipinski definition) is 2. The molecule has 0 aromatic rings. The summed E-state index contributed by atoms with van der Waals surface area (Å²) in [6.07, 6.45) is 0. The summed E-state index contributed by atoms with van der Waals surface area (Å²) in [4.78, 5) is 0. The average molecular weight is 208 g/mol. The molecule has 0 fully saturated rings. The van der Waals surface area contributed by atoms with Crippen LogP contribution in [0.5, 0.6) is 0 Å². The summed E-state index contributed by atoms with van der Waals surface area (Å²) < 4.78 is 8.88. The van der Waals surface area contributed by atoms with E-state index < -0.39 is 0 Å². The quantitative estimate of drug-likeness (QED) is 0.596. The summed E-state index contributed by atoms with van der Waals surface area (Å²) in [6, 6.07) is 0. The van der Waals surface area contributed by atoms with Crippen LogP contribution < -0.4 is 0 Å². The summed E-state index contributed by atoms with van der Waals surface area (Å²) >= 11 is 0. The van der Waals surface area contributed by atoms with Crippen molar-refractivity contribution in [2.45, 2.75) is 0 Å². The summed E-state index contributed by atoms with van der Waals surface area (Å²) in [6.45, 7) is 1.13. The molecule has 0 radical (unpaired) electrons. The third-order valence-electron chi connectivity index (χ3n) is 0.591. The zero-order valence-corrected chi connectivity index (χ0v) is 8.00. The number of methoxy groups -OCH3 is 2. The molecule has 72 valence electrons. The van der Waals surface area contributed by atoms with Crippen molar-refractivity contribution >= 4 is 0 Å². The van der Waals surface area contributed by atoms with Crippen molar-refractivity contribution < 1.29 is 36.8 Å². The van der Waals surface area contributed by atoms with Crippen LogP contribution >= 0.6 is 0 Å². The maximum absolute atomic E-state index is 7.94. The first-order valence-corrected chi connectivity index (χ1v) is 3.03. The van der Waals surface area contributed by atoms with Crippen molar-refractivity contribution in [3.8, 4) is 0 Å². The first-order chi connectivity index (χ1) is 4.83. The number of aliphatic hydroxyl groups excluding tert-OH is 2. The molecule has 0 saturated carbocycles. The Balaban J connectivity index is -0.000000107. The minimum absolute atomic E-state index is 0. The maximum Gasteiger partial charge on any atom is 0.0693 e. The van der Waals surface area contributed by atoms with E-state index in [4.69, 9.17) is 10.2 Å². The fourth-order valence-corrected chi connectivity index (χ4v) is 0.183. The van der Waals surface area contributed by atoms with Crippen molar-refractivity contribution in [3.05, 3.63) is 0 Å². The van der Waals surface area contributed by atoms with E-state index in [1.165, 1.54) is 0 Å². The Labute approximate surface area is 78.0 Å². The molecule has 0 unspecified atom stereocenters. The van der Waals surface area contributed by atoms with Crippen LogP contribution in [-0.4, -0.2) is 50.9 Å². The van der Waals surface area contributed by atoms with Crippen LogP contribution in [0.15, 0.2) is 0 Å². The Hall–Kier alpha value is 0.359. The molecule has 4 nitrogen and oxygen atoms in total. The van der Waals surface area contributed by atoms with E-state index in [1.807, 2.05) is 0 Å². The van der Waals surface area contributed by atoms with Gasteiger partial charge in [0, 0.05) is 31.3 Å². The average Bonchev–Trinajstić information content (AvgIpc) is 1.93. The minimum atomic E-state index is 0.